The zero-order valence-electron chi connectivity index (χ0n) is 10.1. The molecule has 0 aliphatic rings. The summed E-state index contributed by atoms with van der Waals surface area (Å²) in [6, 6.07) is 10.4. The summed E-state index contributed by atoms with van der Waals surface area (Å²) in [4.78, 5) is 0. The van der Waals surface area contributed by atoms with Crippen molar-refractivity contribution < 1.29 is 8.78 Å². The van der Waals surface area contributed by atoms with Crippen molar-refractivity contribution in [1.82, 2.24) is 0 Å². The van der Waals surface area contributed by atoms with E-state index in [9.17, 15) is 8.78 Å². The lowest BCUT2D eigenvalue weighted by Gasteiger charge is -2.05. The molecule has 2 aromatic carbocycles. The minimum atomic E-state index is -0.692. The number of nitrogens with zero attached hydrogens (tertiary/aromatic N) is 1. The number of rotatable bonds is 3. The first kappa shape index (κ1) is 13.5. The molecule has 0 bridgehead atoms. The van der Waals surface area contributed by atoms with Crippen LogP contribution < -0.4 is 5.43 Å². The van der Waals surface area contributed by atoms with Crippen LogP contribution in [-0.2, 0) is 0 Å². The molecule has 0 fully saturated rings. The quantitative estimate of drug-likeness (QED) is 0.652. The van der Waals surface area contributed by atoms with Gasteiger partial charge < -0.3 is 0 Å². The fraction of sp³-hybridized carbons (Fsp3) is 0.0714. The maximum Gasteiger partial charge on any atom is 0.151 e. The molecule has 0 radical (unpaired) electrons. The van der Waals surface area contributed by atoms with Crippen LogP contribution in [-0.4, -0.2) is 5.71 Å². The Kier molecular flexibility index (Phi) is 4.12. The number of hydrogen-bond donors (Lipinski definition) is 1. The SMILES string of the molecule is CC(=NNc1ccc(F)cc1F)c1cccc(Cl)c1. The first-order chi connectivity index (χ1) is 9.06. The molecule has 5 heteroatoms. The van der Waals surface area contributed by atoms with Gasteiger partial charge in [0, 0.05) is 11.1 Å². The lowest BCUT2D eigenvalue weighted by Crippen LogP contribution is -2.01. The highest BCUT2D eigenvalue weighted by Gasteiger charge is 2.03. The van der Waals surface area contributed by atoms with E-state index in [2.05, 4.69) is 10.5 Å². The summed E-state index contributed by atoms with van der Waals surface area (Å²) in [7, 11) is 0. The van der Waals surface area contributed by atoms with Crippen LogP contribution in [0.3, 0.4) is 0 Å². The highest BCUT2D eigenvalue weighted by molar-refractivity contribution is 6.31. The van der Waals surface area contributed by atoms with E-state index in [-0.39, 0.29) is 5.69 Å². The van der Waals surface area contributed by atoms with E-state index in [4.69, 9.17) is 11.6 Å². The normalized spacial score (nSPS) is 11.5. The van der Waals surface area contributed by atoms with E-state index in [0.717, 1.165) is 17.7 Å². The Morgan fingerprint density at radius 3 is 2.63 bits per heavy atom. The molecule has 0 spiro atoms. The third-order valence-electron chi connectivity index (χ3n) is 2.52. The maximum absolute atomic E-state index is 13.4. The maximum atomic E-state index is 13.4. The van der Waals surface area contributed by atoms with Crippen LogP contribution in [0.2, 0.25) is 5.02 Å². The molecule has 2 nitrogen and oxygen atoms in total. The van der Waals surface area contributed by atoms with Gasteiger partial charge in [-0.15, -0.1) is 0 Å². The number of halogens is 3. The van der Waals surface area contributed by atoms with Crippen molar-refractivity contribution in [1.29, 1.82) is 0 Å². The monoisotopic (exact) mass is 280 g/mol. The molecule has 2 aromatic rings. The van der Waals surface area contributed by atoms with Gasteiger partial charge in [-0.3, -0.25) is 5.43 Å². The Morgan fingerprint density at radius 1 is 1.16 bits per heavy atom. The predicted molar refractivity (Wildman–Crippen MR) is 73.6 cm³/mol. The van der Waals surface area contributed by atoms with E-state index < -0.39 is 11.6 Å². The van der Waals surface area contributed by atoms with Crippen LogP contribution in [0.1, 0.15) is 12.5 Å². The Morgan fingerprint density at radius 2 is 1.95 bits per heavy atom. The predicted octanol–water partition coefficient (Wildman–Crippen LogP) is 4.45. The third kappa shape index (κ3) is 3.51. The van der Waals surface area contributed by atoms with Crippen LogP contribution in [0.4, 0.5) is 14.5 Å². The van der Waals surface area contributed by atoms with Crippen molar-refractivity contribution >= 4 is 23.0 Å². The summed E-state index contributed by atoms with van der Waals surface area (Å²) in [5.41, 5.74) is 4.14. The molecule has 0 aliphatic carbocycles. The highest BCUT2D eigenvalue weighted by atomic mass is 35.5. The minimum absolute atomic E-state index is 0.114. The summed E-state index contributed by atoms with van der Waals surface area (Å²) in [6.07, 6.45) is 0. The van der Waals surface area contributed by atoms with E-state index in [1.165, 1.54) is 6.07 Å². The van der Waals surface area contributed by atoms with Gasteiger partial charge in [-0.05, 0) is 36.8 Å². The fourth-order valence-corrected chi connectivity index (χ4v) is 1.69. The molecule has 0 aliphatic heterocycles. The second kappa shape index (κ2) is 5.80. The highest BCUT2D eigenvalue weighted by Crippen LogP contribution is 2.16. The summed E-state index contributed by atoms with van der Waals surface area (Å²) in [5, 5.41) is 4.64. The first-order valence-electron chi connectivity index (χ1n) is 5.57. The standard InChI is InChI=1S/C14H11ClF2N2/c1-9(10-3-2-4-11(15)7-10)18-19-14-6-5-12(16)8-13(14)17/h2-8,19H,1H3. The lowest BCUT2D eigenvalue weighted by molar-refractivity contribution is 0.585. The second-order valence-corrected chi connectivity index (χ2v) is 4.38. The van der Waals surface area contributed by atoms with Crippen LogP contribution in [0.5, 0.6) is 0 Å². The molecule has 0 unspecified atom stereocenters. The van der Waals surface area contributed by atoms with E-state index in [1.54, 1.807) is 25.1 Å². The van der Waals surface area contributed by atoms with Gasteiger partial charge in [0.2, 0.25) is 0 Å². The van der Waals surface area contributed by atoms with Gasteiger partial charge in [0.15, 0.2) is 5.82 Å². The largest absolute Gasteiger partial charge is 0.275 e. The minimum Gasteiger partial charge on any atom is -0.275 e. The van der Waals surface area contributed by atoms with Crippen LogP contribution in [0, 0.1) is 11.6 Å². The van der Waals surface area contributed by atoms with Crippen LogP contribution in [0.25, 0.3) is 0 Å². The zero-order valence-corrected chi connectivity index (χ0v) is 10.9. The van der Waals surface area contributed by atoms with Gasteiger partial charge in [0.25, 0.3) is 0 Å². The molecule has 98 valence electrons. The van der Waals surface area contributed by atoms with Crippen molar-refractivity contribution in [2.75, 3.05) is 5.43 Å². The fourth-order valence-electron chi connectivity index (χ4n) is 1.50. The molecule has 0 amide bonds. The molecule has 1 N–H and O–H groups in total. The molecule has 0 aromatic heterocycles. The Balaban J connectivity index is 2.18. The Labute approximate surface area is 114 Å². The van der Waals surface area contributed by atoms with Gasteiger partial charge in [0.05, 0.1) is 11.4 Å². The van der Waals surface area contributed by atoms with Gasteiger partial charge in [-0.1, -0.05) is 23.7 Å². The number of benzene rings is 2. The van der Waals surface area contributed by atoms with E-state index in [1.807, 2.05) is 6.07 Å². The van der Waals surface area contributed by atoms with Gasteiger partial charge in [-0.25, -0.2) is 8.78 Å². The number of anilines is 1. The summed E-state index contributed by atoms with van der Waals surface area (Å²) < 4.78 is 26.1. The van der Waals surface area contributed by atoms with Crippen molar-refractivity contribution in [3.63, 3.8) is 0 Å². The first-order valence-corrected chi connectivity index (χ1v) is 5.95. The topological polar surface area (TPSA) is 24.4 Å². The molecule has 19 heavy (non-hydrogen) atoms. The molecule has 0 saturated heterocycles. The molecule has 2 rings (SSSR count). The Bertz CT molecular complexity index is 627. The van der Waals surface area contributed by atoms with Crippen molar-refractivity contribution in [2.45, 2.75) is 6.92 Å². The molecule has 0 atom stereocenters. The van der Waals surface area contributed by atoms with Crippen molar-refractivity contribution in [3.05, 3.63) is 64.7 Å². The van der Waals surface area contributed by atoms with Crippen molar-refractivity contribution in [3.8, 4) is 0 Å². The average molecular weight is 281 g/mol. The van der Waals surface area contributed by atoms with Gasteiger partial charge in [-0.2, -0.15) is 5.10 Å². The summed E-state index contributed by atoms with van der Waals surface area (Å²) in [6.45, 7) is 1.76. The van der Waals surface area contributed by atoms with Gasteiger partial charge in [0.1, 0.15) is 5.82 Å². The zero-order chi connectivity index (χ0) is 13.8. The van der Waals surface area contributed by atoms with Crippen LogP contribution >= 0.6 is 11.6 Å². The summed E-state index contributed by atoms with van der Waals surface area (Å²) in [5.74, 6) is -1.32. The molecule has 0 heterocycles. The van der Waals surface area contributed by atoms with Crippen LogP contribution in [0.15, 0.2) is 47.6 Å². The smallest absolute Gasteiger partial charge is 0.151 e. The summed E-state index contributed by atoms with van der Waals surface area (Å²) >= 11 is 5.87. The average Bonchev–Trinajstić information content (AvgIpc) is 2.37. The molecular formula is C14H11ClF2N2. The number of nitrogens with one attached hydrogen (secondary N) is 1. The number of hydrogen-bond acceptors (Lipinski definition) is 2. The lowest BCUT2D eigenvalue weighted by atomic mass is 10.1. The van der Waals surface area contributed by atoms with Crippen molar-refractivity contribution in [2.24, 2.45) is 5.10 Å². The Hall–Kier alpha value is -1.94. The molecule has 0 saturated carbocycles. The second-order valence-electron chi connectivity index (χ2n) is 3.94. The molecular weight excluding hydrogens is 270 g/mol. The third-order valence-corrected chi connectivity index (χ3v) is 2.75. The van der Waals surface area contributed by atoms with Gasteiger partial charge >= 0.3 is 0 Å². The van der Waals surface area contributed by atoms with E-state index >= 15 is 0 Å². The number of hydrazone groups is 1. The van der Waals surface area contributed by atoms with E-state index in [0.29, 0.717) is 10.7 Å².